The van der Waals surface area contributed by atoms with Gasteiger partial charge in [-0.1, -0.05) is 17.2 Å². The number of urea groups is 1. The number of anilines is 2. The lowest BCUT2D eigenvalue weighted by Gasteiger charge is -2.18. The van der Waals surface area contributed by atoms with E-state index in [2.05, 4.69) is 26.2 Å². The zero-order valence-corrected chi connectivity index (χ0v) is 19.2. The summed E-state index contributed by atoms with van der Waals surface area (Å²) in [5, 5.41) is 26.6. The van der Waals surface area contributed by atoms with E-state index in [1.165, 1.54) is 0 Å². The Morgan fingerprint density at radius 2 is 2.00 bits per heavy atom. The van der Waals surface area contributed by atoms with Crippen molar-refractivity contribution in [1.29, 1.82) is 5.26 Å². The van der Waals surface area contributed by atoms with E-state index in [1.807, 2.05) is 49.3 Å². The first kappa shape index (κ1) is 22.6. The highest BCUT2D eigenvalue weighted by atomic mass is 16.6. The van der Waals surface area contributed by atoms with Crippen LogP contribution in [-0.4, -0.2) is 71.8 Å². The highest BCUT2D eigenvalue weighted by Crippen LogP contribution is 2.36. The highest BCUT2D eigenvalue weighted by Gasteiger charge is 2.50. The van der Waals surface area contributed by atoms with Crippen LogP contribution in [0.2, 0.25) is 0 Å². The number of nitrogens with one attached hydrogen (secondary N) is 2. The van der Waals surface area contributed by atoms with Crippen molar-refractivity contribution in [1.82, 2.24) is 25.5 Å². The number of nitriles is 1. The molecule has 12 nitrogen and oxygen atoms in total. The normalized spacial score (nSPS) is 22.8. The van der Waals surface area contributed by atoms with E-state index >= 15 is 0 Å². The van der Waals surface area contributed by atoms with Crippen molar-refractivity contribution in [2.45, 2.75) is 24.3 Å². The van der Waals surface area contributed by atoms with Crippen molar-refractivity contribution >= 4 is 17.4 Å². The maximum atomic E-state index is 12.5. The molecule has 180 valence electrons. The smallest absolute Gasteiger partial charge is 0.341 e. The molecule has 2 amide bonds. The predicted molar refractivity (Wildman–Crippen MR) is 124 cm³/mol. The Kier molecular flexibility index (Phi) is 6.17. The van der Waals surface area contributed by atoms with Gasteiger partial charge in [0, 0.05) is 31.5 Å². The number of nitrogens with zero attached hydrogens (tertiary/aromatic N) is 6. The van der Waals surface area contributed by atoms with Crippen molar-refractivity contribution < 1.29 is 19.0 Å². The third-order valence-electron chi connectivity index (χ3n) is 5.91. The van der Waals surface area contributed by atoms with Crippen LogP contribution in [0, 0.1) is 11.3 Å². The van der Waals surface area contributed by atoms with Gasteiger partial charge in [0.25, 0.3) is 0 Å². The Morgan fingerprint density at radius 3 is 2.83 bits per heavy atom. The van der Waals surface area contributed by atoms with E-state index in [0.29, 0.717) is 23.6 Å². The maximum absolute atomic E-state index is 12.5. The number of amides is 2. The average Bonchev–Trinajstić information content (AvgIpc) is 3.57. The summed E-state index contributed by atoms with van der Waals surface area (Å²) in [5.41, 5.74) is 1.97. The molecular weight excluding hydrogens is 452 g/mol. The molecule has 0 unspecified atom stereocenters. The number of carbonyl (C=O) groups is 1. The molecule has 0 bridgehead atoms. The molecular formula is C23H24N8O4. The second-order valence-electron chi connectivity index (χ2n) is 8.46. The standard InChI is InChI=1S/C23H24N8O4/c1-30(2)16-7-4-8-17(10-16)35-23-27-28-29-31(23)19-13-34-20-18(12-33-21(19)20)26-22(32)25-15-6-3-5-14(9-15)11-24/h3-10,18-21H,12-13H2,1-2H3,(H2,25,26,32)/t18-,19-,20+,21+/m0/s1. The molecule has 12 heteroatoms. The van der Waals surface area contributed by atoms with Gasteiger partial charge >= 0.3 is 12.0 Å². The molecule has 2 aromatic carbocycles. The molecule has 2 fully saturated rings. The summed E-state index contributed by atoms with van der Waals surface area (Å²) in [7, 11) is 3.90. The second kappa shape index (κ2) is 9.57. The Hall–Kier alpha value is -4.21. The number of rotatable bonds is 6. The molecule has 0 radical (unpaired) electrons. The molecule has 4 atom stereocenters. The van der Waals surface area contributed by atoms with Crippen LogP contribution < -0.4 is 20.3 Å². The Balaban J connectivity index is 1.24. The van der Waals surface area contributed by atoms with Crippen molar-refractivity contribution in [3.63, 3.8) is 0 Å². The van der Waals surface area contributed by atoms with E-state index in [0.717, 1.165) is 5.69 Å². The fraction of sp³-hybridized carbons (Fsp3) is 0.348. The van der Waals surface area contributed by atoms with Gasteiger partial charge in [0.05, 0.1) is 30.9 Å². The number of tetrazole rings is 1. The molecule has 3 heterocycles. The number of fused-ring (bicyclic) bond motifs is 1. The van der Waals surface area contributed by atoms with Crippen LogP contribution in [0.15, 0.2) is 48.5 Å². The topological polar surface area (TPSA) is 139 Å². The third-order valence-corrected chi connectivity index (χ3v) is 5.91. The van der Waals surface area contributed by atoms with Crippen LogP contribution in [0.25, 0.3) is 0 Å². The van der Waals surface area contributed by atoms with Gasteiger partial charge in [0.2, 0.25) is 0 Å². The first-order valence-corrected chi connectivity index (χ1v) is 11.1. The molecule has 35 heavy (non-hydrogen) atoms. The maximum Gasteiger partial charge on any atom is 0.341 e. The Bertz CT molecular complexity index is 1260. The minimum Gasteiger partial charge on any atom is -0.423 e. The van der Waals surface area contributed by atoms with Crippen LogP contribution >= 0.6 is 0 Å². The Morgan fingerprint density at radius 1 is 1.17 bits per heavy atom. The van der Waals surface area contributed by atoms with Crippen LogP contribution in [0.5, 0.6) is 11.8 Å². The predicted octanol–water partition coefficient (Wildman–Crippen LogP) is 1.93. The van der Waals surface area contributed by atoms with E-state index < -0.39 is 6.03 Å². The van der Waals surface area contributed by atoms with Crippen LogP contribution in [0.3, 0.4) is 0 Å². The summed E-state index contributed by atoms with van der Waals surface area (Å²) >= 11 is 0. The summed E-state index contributed by atoms with van der Waals surface area (Å²) in [6.07, 6.45) is -0.730. The molecule has 2 saturated heterocycles. The van der Waals surface area contributed by atoms with Gasteiger partial charge < -0.3 is 29.7 Å². The van der Waals surface area contributed by atoms with Gasteiger partial charge in [-0.25, -0.2) is 4.79 Å². The second-order valence-corrected chi connectivity index (χ2v) is 8.46. The van der Waals surface area contributed by atoms with Crippen molar-refractivity contribution in [3.05, 3.63) is 54.1 Å². The molecule has 3 aromatic rings. The molecule has 5 rings (SSSR count). The minimum atomic E-state index is -0.409. The van der Waals surface area contributed by atoms with Gasteiger partial charge in [0.1, 0.15) is 24.0 Å². The zero-order valence-electron chi connectivity index (χ0n) is 19.2. The summed E-state index contributed by atoms with van der Waals surface area (Å²) in [6, 6.07) is 15.5. The largest absolute Gasteiger partial charge is 0.423 e. The fourth-order valence-electron chi connectivity index (χ4n) is 4.21. The molecule has 1 aromatic heterocycles. The molecule has 2 aliphatic rings. The number of hydrogen-bond donors (Lipinski definition) is 2. The molecule has 0 aliphatic carbocycles. The van der Waals surface area contributed by atoms with Crippen molar-refractivity contribution in [2.24, 2.45) is 0 Å². The van der Waals surface area contributed by atoms with Crippen LogP contribution in [0.1, 0.15) is 11.6 Å². The first-order valence-electron chi connectivity index (χ1n) is 11.1. The van der Waals surface area contributed by atoms with Gasteiger partial charge in [0.15, 0.2) is 0 Å². The lowest BCUT2D eigenvalue weighted by atomic mass is 10.1. The monoisotopic (exact) mass is 476 g/mol. The summed E-state index contributed by atoms with van der Waals surface area (Å²) < 4.78 is 19.5. The quantitative estimate of drug-likeness (QED) is 0.546. The fourth-order valence-corrected chi connectivity index (χ4v) is 4.21. The molecule has 2 aliphatic heterocycles. The molecule has 0 spiro atoms. The van der Waals surface area contributed by atoms with Gasteiger partial charge in [-0.05, 0) is 40.8 Å². The average molecular weight is 476 g/mol. The SMILES string of the molecule is CN(C)c1cccc(Oc2nnnn2[C@H]2CO[C@H]3[C@@H]2OC[C@@H]3NC(=O)Nc2cccc(C#N)c2)c1. The van der Waals surface area contributed by atoms with Crippen molar-refractivity contribution in [2.75, 3.05) is 37.5 Å². The molecule has 0 saturated carbocycles. The first-order chi connectivity index (χ1) is 17.0. The Labute approximate surface area is 201 Å². The number of ether oxygens (including phenoxy) is 3. The van der Waals surface area contributed by atoms with E-state index in [-0.39, 0.29) is 36.9 Å². The number of benzene rings is 2. The number of hydrogen-bond acceptors (Lipinski definition) is 9. The summed E-state index contributed by atoms with van der Waals surface area (Å²) in [6.45, 7) is 0.583. The zero-order chi connectivity index (χ0) is 24.4. The number of aromatic nitrogens is 4. The summed E-state index contributed by atoms with van der Waals surface area (Å²) in [5.74, 6) is 0.603. The van der Waals surface area contributed by atoms with Crippen LogP contribution in [-0.2, 0) is 9.47 Å². The number of carbonyl (C=O) groups excluding carboxylic acids is 1. The highest BCUT2D eigenvalue weighted by molar-refractivity contribution is 5.89. The van der Waals surface area contributed by atoms with E-state index in [4.69, 9.17) is 19.5 Å². The van der Waals surface area contributed by atoms with Crippen molar-refractivity contribution in [3.8, 4) is 17.8 Å². The lowest BCUT2D eigenvalue weighted by molar-refractivity contribution is 0.0613. The van der Waals surface area contributed by atoms with Gasteiger partial charge in [-0.15, -0.1) is 0 Å². The van der Waals surface area contributed by atoms with E-state index in [9.17, 15) is 4.79 Å². The van der Waals surface area contributed by atoms with Crippen LogP contribution in [0.4, 0.5) is 16.2 Å². The summed E-state index contributed by atoms with van der Waals surface area (Å²) in [4.78, 5) is 14.5. The molecule has 2 N–H and O–H groups in total. The third kappa shape index (κ3) is 4.72. The van der Waals surface area contributed by atoms with Gasteiger partial charge in [-0.2, -0.15) is 9.94 Å². The minimum absolute atomic E-state index is 0.227. The van der Waals surface area contributed by atoms with Gasteiger partial charge in [-0.3, -0.25) is 0 Å². The van der Waals surface area contributed by atoms with E-state index in [1.54, 1.807) is 28.9 Å². The lowest BCUT2D eigenvalue weighted by Crippen LogP contribution is -2.45.